The number of benzene rings is 1. The summed E-state index contributed by atoms with van der Waals surface area (Å²) in [4.78, 5) is 11.4. The highest BCUT2D eigenvalue weighted by Crippen LogP contribution is 2.31. The first-order chi connectivity index (χ1) is 9.71. The molecule has 0 saturated carbocycles. The zero-order valence-corrected chi connectivity index (χ0v) is 12.1. The Labute approximate surface area is 120 Å². The second kappa shape index (κ2) is 5.17. The Hall–Kier alpha value is -2.01. The number of aryl methyl sites for hydroxylation is 1. The van der Waals surface area contributed by atoms with Crippen LogP contribution in [0.3, 0.4) is 0 Å². The van der Waals surface area contributed by atoms with E-state index in [1.165, 1.54) is 17.0 Å². The number of hydrogen-bond acceptors (Lipinski definition) is 4. The molecule has 0 saturated heterocycles. The van der Waals surface area contributed by atoms with Gasteiger partial charge in [-0.15, -0.1) is 11.3 Å². The summed E-state index contributed by atoms with van der Waals surface area (Å²) >= 11 is 1.67. The normalized spacial score (nSPS) is 10.9. The second-order valence-corrected chi connectivity index (χ2v) is 5.55. The SMILES string of the molecule is CCc1cc2c(NC)nc(-c3ccc(F)cc3)nc2s1. The van der Waals surface area contributed by atoms with E-state index in [1.54, 1.807) is 23.5 Å². The number of rotatable bonds is 3. The van der Waals surface area contributed by atoms with Gasteiger partial charge in [-0.25, -0.2) is 14.4 Å². The predicted molar refractivity (Wildman–Crippen MR) is 81.7 cm³/mol. The number of aromatic nitrogens is 2. The highest BCUT2D eigenvalue weighted by atomic mass is 32.1. The molecule has 0 aliphatic heterocycles. The quantitative estimate of drug-likeness (QED) is 0.788. The molecule has 5 heteroatoms. The average Bonchev–Trinajstić information content (AvgIpc) is 2.90. The van der Waals surface area contributed by atoms with Crippen molar-refractivity contribution in [1.29, 1.82) is 0 Å². The van der Waals surface area contributed by atoms with Gasteiger partial charge in [0, 0.05) is 17.5 Å². The molecule has 1 N–H and O–H groups in total. The first-order valence-corrected chi connectivity index (χ1v) is 7.27. The minimum Gasteiger partial charge on any atom is -0.372 e. The maximum Gasteiger partial charge on any atom is 0.163 e. The molecule has 0 aliphatic rings. The Balaban J connectivity index is 2.18. The van der Waals surface area contributed by atoms with Gasteiger partial charge in [0.15, 0.2) is 5.82 Å². The maximum absolute atomic E-state index is 13.0. The summed E-state index contributed by atoms with van der Waals surface area (Å²) in [6, 6.07) is 8.37. The average molecular weight is 287 g/mol. The minimum atomic E-state index is -0.256. The fourth-order valence-corrected chi connectivity index (χ4v) is 3.03. The Morgan fingerprint density at radius 1 is 1.20 bits per heavy atom. The molecule has 2 heterocycles. The molecule has 3 aromatic rings. The predicted octanol–water partition coefficient (Wildman–Crippen LogP) is 4.10. The smallest absolute Gasteiger partial charge is 0.163 e. The molecular formula is C15H14FN3S. The lowest BCUT2D eigenvalue weighted by Crippen LogP contribution is -1.97. The van der Waals surface area contributed by atoms with Crippen molar-refractivity contribution in [2.24, 2.45) is 0 Å². The zero-order valence-electron chi connectivity index (χ0n) is 11.3. The van der Waals surface area contributed by atoms with Crippen LogP contribution in [-0.2, 0) is 6.42 Å². The van der Waals surface area contributed by atoms with E-state index in [2.05, 4.69) is 28.3 Å². The lowest BCUT2D eigenvalue weighted by Gasteiger charge is -2.05. The summed E-state index contributed by atoms with van der Waals surface area (Å²) in [6.07, 6.45) is 0.982. The van der Waals surface area contributed by atoms with Crippen molar-refractivity contribution in [3.05, 3.63) is 41.0 Å². The van der Waals surface area contributed by atoms with Crippen LogP contribution in [0.2, 0.25) is 0 Å². The van der Waals surface area contributed by atoms with Gasteiger partial charge < -0.3 is 5.32 Å². The summed E-state index contributed by atoms with van der Waals surface area (Å²) in [5, 5.41) is 4.15. The van der Waals surface area contributed by atoms with Crippen LogP contribution in [-0.4, -0.2) is 17.0 Å². The van der Waals surface area contributed by atoms with Crippen molar-refractivity contribution in [1.82, 2.24) is 9.97 Å². The van der Waals surface area contributed by atoms with Crippen molar-refractivity contribution >= 4 is 27.4 Å². The Bertz CT molecular complexity index is 750. The van der Waals surface area contributed by atoms with Gasteiger partial charge in [0.1, 0.15) is 16.5 Å². The van der Waals surface area contributed by atoms with Gasteiger partial charge in [-0.1, -0.05) is 6.92 Å². The third kappa shape index (κ3) is 2.25. The van der Waals surface area contributed by atoms with Crippen molar-refractivity contribution in [3.63, 3.8) is 0 Å². The van der Waals surface area contributed by atoms with E-state index in [4.69, 9.17) is 0 Å². The summed E-state index contributed by atoms with van der Waals surface area (Å²) in [7, 11) is 1.85. The van der Waals surface area contributed by atoms with Crippen molar-refractivity contribution in [2.75, 3.05) is 12.4 Å². The molecule has 1 aromatic carbocycles. The number of nitrogens with zero attached hydrogens (tertiary/aromatic N) is 2. The van der Waals surface area contributed by atoms with Crippen molar-refractivity contribution in [2.45, 2.75) is 13.3 Å². The number of nitrogens with one attached hydrogen (secondary N) is 1. The van der Waals surface area contributed by atoms with Gasteiger partial charge in [0.25, 0.3) is 0 Å². The van der Waals surface area contributed by atoms with E-state index in [1.807, 2.05) is 7.05 Å². The monoisotopic (exact) mass is 287 g/mol. The van der Waals surface area contributed by atoms with Gasteiger partial charge in [-0.3, -0.25) is 0 Å². The molecular weight excluding hydrogens is 273 g/mol. The van der Waals surface area contributed by atoms with Crippen LogP contribution in [0.25, 0.3) is 21.6 Å². The first-order valence-electron chi connectivity index (χ1n) is 6.45. The van der Waals surface area contributed by atoms with E-state index in [0.717, 1.165) is 28.0 Å². The third-order valence-corrected chi connectivity index (χ3v) is 4.30. The lowest BCUT2D eigenvalue weighted by atomic mass is 10.2. The maximum atomic E-state index is 13.0. The summed E-state index contributed by atoms with van der Waals surface area (Å²) in [5.74, 6) is 1.17. The van der Waals surface area contributed by atoms with E-state index < -0.39 is 0 Å². The molecule has 0 atom stereocenters. The zero-order chi connectivity index (χ0) is 14.1. The fourth-order valence-electron chi connectivity index (χ4n) is 2.06. The number of halogens is 1. The Kier molecular flexibility index (Phi) is 3.36. The van der Waals surface area contributed by atoms with Crippen LogP contribution in [0.5, 0.6) is 0 Å². The van der Waals surface area contributed by atoms with Gasteiger partial charge >= 0.3 is 0 Å². The van der Waals surface area contributed by atoms with Gasteiger partial charge in [0.05, 0.1) is 5.39 Å². The van der Waals surface area contributed by atoms with Gasteiger partial charge in [0.2, 0.25) is 0 Å². The minimum absolute atomic E-state index is 0.256. The van der Waals surface area contributed by atoms with Crippen molar-refractivity contribution in [3.8, 4) is 11.4 Å². The van der Waals surface area contributed by atoms with Gasteiger partial charge in [-0.05, 0) is 36.8 Å². The lowest BCUT2D eigenvalue weighted by molar-refractivity contribution is 0.628. The summed E-state index contributed by atoms with van der Waals surface area (Å²) < 4.78 is 13.0. The Morgan fingerprint density at radius 3 is 2.60 bits per heavy atom. The highest BCUT2D eigenvalue weighted by Gasteiger charge is 2.11. The highest BCUT2D eigenvalue weighted by molar-refractivity contribution is 7.18. The van der Waals surface area contributed by atoms with E-state index >= 15 is 0 Å². The van der Waals surface area contributed by atoms with E-state index in [-0.39, 0.29) is 5.82 Å². The molecule has 0 bridgehead atoms. The second-order valence-electron chi connectivity index (χ2n) is 4.44. The van der Waals surface area contributed by atoms with Gasteiger partial charge in [-0.2, -0.15) is 0 Å². The molecule has 20 heavy (non-hydrogen) atoms. The van der Waals surface area contributed by atoms with Crippen LogP contribution in [0.4, 0.5) is 10.2 Å². The van der Waals surface area contributed by atoms with Crippen LogP contribution >= 0.6 is 11.3 Å². The molecule has 102 valence electrons. The molecule has 0 spiro atoms. The number of hydrogen-bond donors (Lipinski definition) is 1. The molecule has 3 nitrogen and oxygen atoms in total. The third-order valence-electron chi connectivity index (χ3n) is 3.13. The van der Waals surface area contributed by atoms with Crippen LogP contribution in [0.15, 0.2) is 30.3 Å². The van der Waals surface area contributed by atoms with Crippen LogP contribution < -0.4 is 5.32 Å². The number of fused-ring (bicyclic) bond motifs is 1. The first kappa shape index (κ1) is 13.0. The summed E-state index contributed by atoms with van der Waals surface area (Å²) in [6.45, 7) is 2.12. The Morgan fingerprint density at radius 2 is 1.95 bits per heavy atom. The topological polar surface area (TPSA) is 37.8 Å². The molecule has 2 aromatic heterocycles. The molecule has 0 radical (unpaired) electrons. The molecule has 0 unspecified atom stereocenters. The van der Waals surface area contributed by atoms with E-state index in [0.29, 0.717) is 5.82 Å². The standard InChI is InChI=1S/C15H14FN3S/c1-3-11-8-12-14(17-2)18-13(19-15(12)20-11)9-4-6-10(16)7-5-9/h4-8H,3H2,1-2H3,(H,17,18,19). The number of thiophene rings is 1. The molecule has 3 rings (SSSR count). The van der Waals surface area contributed by atoms with E-state index in [9.17, 15) is 4.39 Å². The fraction of sp³-hybridized carbons (Fsp3) is 0.200. The molecule has 0 aliphatic carbocycles. The largest absolute Gasteiger partial charge is 0.372 e. The van der Waals surface area contributed by atoms with Crippen LogP contribution in [0.1, 0.15) is 11.8 Å². The molecule has 0 amide bonds. The van der Waals surface area contributed by atoms with Crippen molar-refractivity contribution < 1.29 is 4.39 Å². The molecule has 0 fully saturated rings. The van der Waals surface area contributed by atoms with Crippen LogP contribution in [0, 0.1) is 5.82 Å². The number of anilines is 1. The summed E-state index contributed by atoms with van der Waals surface area (Å²) in [5.41, 5.74) is 0.816.